The number of nitrogens with zero attached hydrogens (tertiary/aromatic N) is 5. The maximum absolute atomic E-state index is 4.64. The minimum absolute atomic E-state index is 0.663. The molecule has 0 spiro atoms. The molecule has 0 atom stereocenters. The number of H-pyrrole nitrogens is 1. The van der Waals surface area contributed by atoms with Crippen LogP contribution in [0.4, 0.5) is 17.6 Å². The Morgan fingerprint density at radius 3 is 2.71 bits per heavy atom. The zero-order valence-corrected chi connectivity index (χ0v) is 17.4. The van der Waals surface area contributed by atoms with Gasteiger partial charge in [-0.2, -0.15) is 0 Å². The van der Waals surface area contributed by atoms with Gasteiger partial charge in [0, 0.05) is 51.5 Å². The molecule has 0 radical (unpaired) electrons. The Hall–Kier alpha value is -3.56. The van der Waals surface area contributed by atoms with Crippen molar-refractivity contribution < 1.29 is 0 Å². The summed E-state index contributed by atoms with van der Waals surface area (Å²) in [5.74, 6) is 2.18. The molecule has 0 amide bonds. The molecule has 4 heterocycles. The summed E-state index contributed by atoms with van der Waals surface area (Å²) in [6.07, 6.45) is 5.32. The summed E-state index contributed by atoms with van der Waals surface area (Å²) in [5.41, 5.74) is 4.84. The van der Waals surface area contributed by atoms with Crippen molar-refractivity contribution in [1.82, 2.24) is 35.1 Å². The lowest BCUT2D eigenvalue weighted by Gasteiger charge is -2.27. The normalized spacial score (nSPS) is 14.6. The van der Waals surface area contributed by atoms with Gasteiger partial charge in [0.25, 0.3) is 0 Å². The number of imidazole rings is 1. The van der Waals surface area contributed by atoms with Crippen LogP contribution in [0, 0.1) is 0 Å². The lowest BCUT2D eigenvalue weighted by molar-refractivity contribution is 0.233. The van der Waals surface area contributed by atoms with Crippen molar-refractivity contribution in [3.63, 3.8) is 0 Å². The molecule has 0 aliphatic carbocycles. The molecule has 0 bridgehead atoms. The Labute approximate surface area is 180 Å². The molecule has 4 N–H and O–H groups in total. The van der Waals surface area contributed by atoms with Crippen molar-refractivity contribution in [3.8, 4) is 11.3 Å². The fourth-order valence-corrected chi connectivity index (χ4v) is 3.72. The van der Waals surface area contributed by atoms with Gasteiger partial charge < -0.3 is 20.9 Å². The van der Waals surface area contributed by atoms with Gasteiger partial charge in [0.05, 0.1) is 29.1 Å². The summed E-state index contributed by atoms with van der Waals surface area (Å²) < 4.78 is 0. The molecule has 0 unspecified atom stereocenters. The number of hydrogen-bond acceptors (Lipinski definition) is 8. The second-order valence-electron chi connectivity index (χ2n) is 7.55. The molecular formula is C22H25N9. The predicted molar refractivity (Wildman–Crippen MR) is 122 cm³/mol. The van der Waals surface area contributed by atoms with E-state index in [0.29, 0.717) is 5.95 Å². The standard InChI is InChI=1S/C22H25N9/c1-23-21-13-26-19(12-27-21)16-2-3-17-18(11-16)29-22(28-17)30-20-10-15(4-5-25-20)14-31-8-6-24-7-9-31/h2-5,10-13,24H,6-9,14H2,1H3,(H,23,27)(H2,25,28,29,30). The first-order chi connectivity index (χ1) is 15.3. The van der Waals surface area contributed by atoms with E-state index in [9.17, 15) is 0 Å². The first-order valence-electron chi connectivity index (χ1n) is 10.4. The van der Waals surface area contributed by atoms with Gasteiger partial charge >= 0.3 is 0 Å². The SMILES string of the molecule is CNc1cnc(-c2ccc3nc(Nc4cc(CN5CCNCC5)ccn4)[nH]c3c2)cn1. The van der Waals surface area contributed by atoms with Gasteiger partial charge in [-0.05, 0) is 29.8 Å². The zero-order chi connectivity index (χ0) is 21.0. The highest BCUT2D eigenvalue weighted by molar-refractivity contribution is 5.83. The van der Waals surface area contributed by atoms with Crippen LogP contribution in [0.5, 0.6) is 0 Å². The third-order valence-electron chi connectivity index (χ3n) is 5.37. The maximum atomic E-state index is 4.64. The quantitative estimate of drug-likeness (QED) is 0.381. The van der Waals surface area contributed by atoms with Crippen LogP contribution in [0.3, 0.4) is 0 Å². The molecular weight excluding hydrogens is 390 g/mol. The van der Waals surface area contributed by atoms with E-state index in [2.05, 4.69) is 57.9 Å². The fraction of sp³-hybridized carbons (Fsp3) is 0.273. The molecule has 31 heavy (non-hydrogen) atoms. The molecule has 9 heteroatoms. The molecule has 1 aromatic carbocycles. The molecule has 1 fully saturated rings. The van der Waals surface area contributed by atoms with E-state index in [0.717, 1.165) is 66.7 Å². The largest absolute Gasteiger partial charge is 0.372 e. The highest BCUT2D eigenvalue weighted by Gasteiger charge is 2.11. The summed E-state index contributed by atoms with van der Waals surface area (Å²) in [4.78, 5) is 23.7. The number of benzene rings is 1. The van der Waals surface area contributed by atoms with Crippen LogP contribution >= 0.6 is 0 Å². The smallest absolute Gasteiger partial charge is 0.206 e. The average molecular weight is 416 g/mol. The maximum Gasteiger partial charge on any atom is 0.206 e. The lowest BCUT2D eigenvalue weighted by Crippen LogP contribution is -2.42. The van der Waals surface area contributed by atoms with Crippen molar-refractivity contribution in [2.45, 2.75) is 6.54 Å². The Bertz CT molecular complexity index is 1160. The van der Waals surface area contributed by atoms with Gasteiger partial charge in [0.2, 0.25) is 5.95 Å². The van der Waals surface area contributed by atoms with E-state index < -0.39 is 0 Å². The van der Waals surface area contributed by atoms with Gasteiger partial charge in [-0.1, -0.05) is 6.07 Å². The van der Waals surface area contributed by atoms with Gasteiger partial charge in [0.1, 0.15) is 11.6 Å². The summed E-state index contributed by atoms with van der Waals surface area (Å²) in [6.45, 7) is 5.15. The molecule has 1 aliphatic heterocycles. The molecule has 9 nitrogen and oxygen atoms in total. The van der Waals surface area contributed by atoms with Crippen LogP contribution in [0.15, 0.2) is 48.9 Å². The number of rotatable bonds is 6. The third-order valence-corrected chi connectivity index (χ3v) is 5.37. The minimum atomic E-state index is 0.663. The van der Waals surface area contributed by atoms with E-state index in [1.807, 2.05) is 31.4 Å². The van der Waals surface area contributed by atoms with Crippen molar-refractivity contribution in [2.75, 3.05) is 43.9 Å². The number of anilines is 3. The number of piperazine rings is 1. The van der Waals surface area contributed by atoms with E-state index in [4.69, 9.17) is 0 Å². The molecule has 4 aromatic rings. The van der Waals surface area contributed by atoms with Crippen LogP contribution in [-0.4, -0.2) is 63.0 Å². The fourth-order valence-electron chi connectivity index (χ4n) is 3.72. The average Bonchev–Trinajstić information content (AvgIpc) is 3.21. The summed E-state index contributed by atoms with van der Waals surface area (Å²) in [7, 11) is 1.82. The van der Waals surface area contributed by atoms with Crippen LogP contribution in [0.1, 0.15) is 5.56 Å². The summed E-state index contributed by atoms with van der Waals surface area (Å²) >= 11 is 0. The van der Waals surface area contributed by atoms with Gasteiger partial charge in [-0.15, -0.1) is 0 Å². The monoisotopic (exact) mass is 415 g/mol. The van der Waals surface area contributed by atoms with Crippen LogP contribution in [0.25, 0.3) is 22.3 Å². The van der Waals surface area contributed by atoms with Crippen LogP contribution < -0.4 is 16.0 Å². The highest BCUT2D eigenvalue weighted by atomic mass is 15.2. The van der Waals surface area contributed by atoms with Crippen molar-refractivity contribution in [1.29, 1.82) is 0 Å². The molecule has 0 saturated carbocycles. The van der Waals surface area contributed by atoms with Gasteiger partial charge in [-0.25, -0.2) is 15.0 Å². The molecule has 3 aromatic heterocycles. The van der Waals surface area contributed by atoms with Crippen molar-refractivity contribution >= 4 is 28.6 Å². The topological polar surface area (TPSA) is 107 Å². The number of aromatic nitrogens is 5. The Morgan fingerprint density at radius 2 is 1.90 bits per heavy atom. The lowest BCUT2D eigenvalue weighted by atomic mass is 10.1. The first kappa shape index (κ1) is 19.4. The van der Waals surface area contributed by atoms with Crippen molar-refractivity contribution in [3.05, 3.63) is 54.5 Å². The highest BCUT2D eigenvalue weighted by Crippen LogP contribution is 2.24. The molecule has 158 valence electrons. The van der Waals surface area contributed by atoms with E-state index in [1.54, 1.807) is 12.4 Å². The van der Waals surface area contributed by atoms with Crippen molar-refractivity contribution in [2.24, 2.45) is 0 Å². The third kappa shape index (κ3) is 4.47. The number of hydrogen-bond donors (Lipinski definition) is 4. The minimum Gasteiger partial charge on any atom is -0.372 e. The molecule has 1 aliphatic rings. The Balaban J connectivity index is 1.33. The van der Waals surface area contributed by atoms with E-state index >= 15 is 0 Å². The van der Waals surface area contributed by atoms with E-state index in [1.165, 1.54) is 5.56 Å². The number of fused-ring (bicyclic) bond motifs is 1. The van der Waals surface area contributed by atoms with E-state index in [-0.39, 0.29) is 0 Å². The second kappa shape index (κ2) is 8.66. The number of pyridine rings is 1. The summed E-state index contributed by atoms with van der Waals surface area (Å²) in [6, 6.07) is 10.2. The molecule has 5 rings (SSSR count). The predicted octanol–water partition coefficient (Wildman–Crippen LogP) is 2.61. The van der Waals surface area contributed by atoms with Crippen LogP contribution in [-0.2, 0) is 6.54 Å². The second-order valence-corrected chi connectivity index (χ2v) is 7.55. The van der Waals surface area contributed by atoms with Crippen LogP contribution in [0.2, 0.25) is 0 Å². The number of nitrogens with one attached hydrogen (secondary N) is 4. The molecule has 1 saturated heterocycles. The zero-order valence-electron chi connectivity index (χ0n) is 17.4. The Morgan fingerprint density at radius 1 is 1.00 bits per heavy atom. The van der Waals surface area contributed by atoms with Gasteiger partial charge in [0.15, 0.2) is 0 Å². The first-order valence-corrected chi connectivity index (χ1v) is 10.4. The Kier molecular flexibility index (Phi) is 5.42. The summed E-state index contributed by atoms with van der Waals surface area (Å²) in [5, 5.41) is 9.67. The number of aromatic amines is 1. The van der Waals surface area contributed by atoms with Gasteiger partial charge in [-0.3, -0.25) is 9.88 Å².